The van der Waals surface area contributed by atoms with Crippen LogP contribution in [0.3, 0.4) is 0 Å². The summed E-state index contributed by atoms with van der Waals surface area (Å²) in [6.45, 7) is 9.20. The number of nitrogens with zero attached hydrogens (tertiary/aromatic N) is 4. The molecule has 0 atom stereocenters. The Morgan fingerprint density at radius 3 is 2.52 bits per heavy atom. The van der Waals surface area contributed by atoms with Gasteiger partial charge in [0.25, 0.3) is 0 Å². The van der Waals surface area contributed by atoms with Crippen molar-refractivity contribution < 1.29 is 0 Å². The molecule has 2 heterocycles. The van der Waals surface area contributed by atoms with Crippen LogP contribution in [-0.2, 0) is 0 Å². The second-order valence-corrected chi connectivity index (χ2v) is 6.16. The maximum absolute atomic E-state index is 4.59. The van der Waals surface area contributed by atoms with Gasteiger partial charge in [-0.1, -0.05) is 20.8 Å². The van der Waals surface area contributed by atoms with Gasteiger partial charge in [0, 0.05) is 30.9 Å². The minimum atomic E-state index is 0.284. The van der Waals surface area contributed by atoms with Gasteiger partial charge in [-0.05, 0) is 30.7 Å². The predicted molar refractivity (Wildman–Crippen MR) is 85.8 cm³/mol. The molecule has 2 rings (SSSR count). The number of rotatable bonds is 6. The van der Waals surface area contributed by atoms with Gasteiger partial charge in [0.1, 0.15) is 16.7 Å². The van der Waals surface area contributed by atoms with Crippen molar-refractivity contribution in [3.8, 4) is 0 Å². The molecule has 0 saturated carbocycles. The summed E-state index contributed by atoms with van der Waals surface area (Å²) in [6, 6.07) is 1.95. The van der Waals surface area contributed by atoms with E-state index >= 15 is 0 Å². The fourth-order valence-corrected chi connectivity index (χ4v) is 2.33. The van der Waals surface area contributed by atoms with Gasteiger partial charge in [-0.2, -0.15) is 0 Å². The number of aryl methyl sites for hydroxylation is 1. The Bertz CT molecular complexity index is 583. The molecule has 21 heavy (non-hydrogen) atoms. The fourth-order valence-electron chi connectivity index (χ4n) is 1.62. The molecule has 1 N–H and O–H groups in total. The standard InChI is InChI=1S/C15H21N5S/c1-5-6-16-12-7-13(20-14(19-12)10(2)3)21-15-17-8-11(4)9-18-15/h7-10H,5-6H2,1-4H3,(H,16,19,20). The molecule has 5 nitrogen and oxygen atoms in total. The number of hydrogen-bond donors (Lipinski definition) is 1. The summed E-state index contributed by atoms with van der Waals surface area (Å²) in [4.78, 5) is 17.8. The molecule has 6 heteroatoms. The van der Waals surface area contributed by atoms with Crippen molar-refractivity contribution in [2.24, 2.45) is 0 Å². The van der Waals surface area contributed by atoms with Crippen molar-refractivity contribution in [3.05, 3.63) is 29.8 Å². The van der Waals surface area contributed by atoms with E-state index in [-0.39, 0.29) is 5.92 Å². The Labute approximate surface area is 130 Å². The SMILES string of the molecule is CCCNc1cc(Sc2ncc(C)cn2)nc(C(C)C)n1. The molecule has 0 bridgehead atoms. The number of hydrogen-bond acceptors (Lipinski definition) is 6. The Morgan fingerprint density at radius 2 is 1.90 bits per heavy atom. The zero-order valence-electron chi connectivity index (χ0n) is 12.9. The van der Waals surface area contributed by atoms with E-state index in [1.54, 1.807) is 0 Å². The molecular weight excluding hydrogens is 282 g/mol. The van der Waals surface area contributed by atoms with E-state index in [9.17, 15) is 0 Å². The predicted octanol–water partition coefficient (Wildman–Crippen LogP) is 3.67. The normalized spacial score (nSPS) is 10.9. The van der Waals surface area contributed by atoms with Gasteiger partial charge in [-0.15, -0.1) is 0 Å². The Hall–Kier alpha value is -1.69. The lowest BCUT2D eigenvalue weighted by atomic mass is 10.2. The van der Waals surface area contributed by atoms with E-state index in [0.717, 1.165) is 35.2 Å². The summed E-state index contributed by atoms with van der Waals surface area (Å²) in [6.07, 6.45) is 4.69. The molecule has 112 valence electrons. The van der Waals surface area contributed by atoms with Crippen molar-refractivity contribution >= 4 is 17.6 Å². The topological polar surface area (TPSA) is 63.6 Å². The van der Waals surface area contributed by atoms with E-state index in [1.165, 1.54) is 11.8 Å². The second-order valence-electron chi connectivity index (χ2n) is 5.18. The van der Waals surface area contributed by atoms with Crippen molar-refractivity contribution in [2.75, 3.05) is 11.9 Å². The molecule has 0 saturated heterocycles. The molecular formula is C15H21N5S. The monoisotopic (exact) mass is 303 g/mol. The summed E-state index contributed by atoms with van der Waals surface area (Å²) in [7, 11) is 0. The molecule has 0 aliphatic rings. The van der Waals surface area contributed by atoms with Crippen LogP contribution in [0.2, 0.25) is 0 Å². The maximum atomic E-state index is 4.59. The van der Waals surface area contributed by atoms with Crippen LogP contribution in [-0.4, -0.2) is 26.5 Å². The maximum Gasteiger partial charge on any atom is 0.193 e. The second kappa shape index (κ2) is 7.36. The van der Waals surface area contributed by atoms with Crippen LogP contribution in [0.15, 0.2) is 28.6 Å². The zero-order valence-corrected chi connectivity index (χ0v) is 13.7. The highest BCUT2D eigenvalue weighted by Gasteiger charge is 2.10. The first-order valence-corrected chi connectivity index (χ1v) is 7.99. The van der Waals surface area contributed by atoms with E-state index in [0.29, 0.717) is 5.16 Å². The van der Waals surface area contributed by atoms with E-state index in [4.69, 9.17) is 0 Å². The average Bonchev–Trinajstić information content (AvgIpc) is 2.47. The van der Waals surface area contributed by atoms with Gasteiger partial charge in [0.2, 0.25) is 0 Å². The molecule has 0 amide bonds. The molecule has 2 aromatic heterocycles. The van der Waals surface area contributed by atoms with E-state index < -0.39 is 0 Å². The van der Waals surface area contributed by atoms with Gasteiger partial charge < -0.3 is 5.32 Å². The summed E-state index contributed by atoms with van der Waals surface area (Å²) < 4.78 is 0. The van der Waals surface area contributed by atoms with Gasteiger partial charge in [-0.25, -0.2) is 19.9 Å². The highest BCUT2D eigenvalue weighted by molar-refractivity contribution is 7.99. The van der Waals surface area contributed by atoms with Crippen molar-refractivity contribution in [1.82, 2.24) is 19.9 Å². The minimum absolute atomic E-state index is 0.284. The smallest absolute Gasteiger partial charge is 0.193 e. The highest BCUT2D eigenvalue weighted by atomic mass is 32.2. The van der Waals surface area contributed by atoms with Gasteiger partial charge >= 0.3 is 0 Å². The van der Waals surface area contributed by atoms with Crippen LogP contribution in [0, 0.1) is 6.92 Å². The molecule has 0 radical (unpaired) electrons. The summed E-state index contributed by atoms with van der Waals surface area (Å²) in [5.74, 6) is 1.99. The molecule has 0 aromatic carbocycles. The quantitative estimate of drug-likeness (QED) is 0.649. The van der Waals surface area contributed by atoms with Crippen LogP contribution in [0.1, 0.15) is 44.5 Å². The summed E-state index contributed by atoms with van der Waals surface area (Å²) in [5, 5.41) is 4.90. The number of aromatic nitrogens is 4. The lowest BCUT2D eigenvalue weighted by Crippen LogP contribution is -2.07. The summed E-state index contributed by atoms with van der Waals surface area (Å²) >= 11 is 1.46. The van der Waals surface area contributed by atoms with Gasteiger partial charge in [0.05, 0.1) is 0 Å². The average molecular weight is 303 g/mol. The molecule has 0 aliphatic heterocycles. The van der Waals surface area contributed by atoms with Crippen LogP contribution in [0.5, 0.6) is 0 Å². The first kappa shape index (κ1) is 15.7. The first-order chi connectivity index (χ1) is 10.1. The fraction of sp³-hybridized carbons (Fsp3) is 0.467. The van der Waals surface area contributed by atoms with Crippen LogP contribution in [0.25, 0.3) is 0 Å². The zero-order chi connectivity index (χ0) is 15.2. The van der Waals surface area contributed by atoms with Gasteiger partial charge in [0.15, 0.2) is 5.16 Å². The summed E-state index contributed by atoms with van der Waals surface area (Å²) in [5.41, 5.74) is 1.05. The molecule has 2 aromatic rings. The third kappa shape index (κ3) is 4.67. The molecule has 0 unspecified atom stereocenters. The first-order valence-electron chi connectivity index (χ1n) is 7.18. The largest absolute Gasteiger partial charge is 0.370 e. The van der Waals surface area contributed by atoms with E-state index in [1.807, 2.05) is 25.4 Å². The van der Waals surface area contributed by atoms with Crippen molar-refractivity contribution in [3.63, 3.8) is 0 Å². The number of nitrogens with one attached hydrogen (secondary N) is 1. The van der Waals surface area contributed by atoms with Crippen molar-refractivity contribution in [1.29, 1.82) is 0 Å². The third-order valence-electron chi connectivity index (χ3n) is 2.75. The molecule has 0 spiro atoms. The number of anilines is 1. The van der Waals surface area contributed by atoms with Crippen LogP contribution in [0.4, 0.5) is 5.82 Å². The highest BCUT2D eigenvalue weighted by Crippen LogP contribution is 2.26. The van der Waals surface area contributed by atoms with Crippen LogP contribution < -0.4 is 5.32 Å². The molecule has 0 fully saturated rings. The van der Waals surface area contributed by atoms with Crippen molar-refractivity contribution in [2.45, 2.75) is 50.2 Å². The van der Waals surface area contributed by atoms with Gasteiger partial charge in [-0.3, -0.25) is 0 Å². The lowest BCUT2D eigenvalue weighted by Gasteiger charge is -2.10. The Balaban J connectivity index is 2.24. The minimum Gasteiger partial charge on any atom is -0.370 e. The lowest BCUT2D eigenvalue weighted by molar-refractivity contribution is 0.752. The Kier molecular flexibility index (Phi) is 5.50. The van der Waals surface area contributed by atoms with Crippen LogP contribution >= 0.6 is 11.8 Å². The molecule has 0 aliphatic carbocycles. The Morgan fingerprint density at radius 1 is 1.19 bits per heavy atom. The van der Waals surface area contributed by atoms with E-state index in [2.05, 4.69) is 46.0 Å². The third-order valence-corrected chi connectivity index (χ3v) is 3.56.